The van der Waals surface area contributed by atoms with Gasteiger partial charge >= 0.3 is 0 Å². The maximum Gasteiger partial charge on any atom is 0.237 e. The van der Waals surface area contributed by atoms with Crippen molar-refractivity contribution in [3.63, 3.8) is 0 Å². The van der Waals surface area contributed by atoms with E-state index in [9.17, 15) is 9.59 Å². The summed E-state index contributed by atoms with van der Waals surface area (Å²) in [6.45, 7) is 4.95. The van der Waals surface area contributed by atoms with Gasteiger partial charge in [-0.25, -0.2) is 0 Å². The van der Waals surface area contributed by atoms with Gasteiger partial charge in [-0.1, -0.05) is 42.5 Å². The van der Waals surface area contributed by atoms with Crippen LogP contribution in [0.25, 0.3) is 0 Å². The average molecular weight is 410 g/mol. The van der Waals surface area contributed by atoms with Crippen molar-refractivity contribution in [3.8, 4) is 0 Å². The van der Waals surface area contributed by atoms with Crippen molar-refractivity contribution in [3.05, 3.63) is 60.2 Å². The molecule has 0 N–H and O–H groups in total. The third-order valence-electron chi connectivity index (χ3n) is 5.55. The van der Waals surface area contributed by atoms with E-state index >= 15 is 0 Å². The first-order valence-electron chi connectivity index (χ1n) is 10.3. The number of para-hydroxylation sites is 1. The number of hydrogen-bond donors (Lipinski definition) is 0. The number of benzene rings is 2. The first-order valence-corrected chi connectivity index (χ1v) is 11.3. The molecule has 0 atom stereocenters. The minimum Gasteiger partial charge on any atom is -0.340 e. The van der Waals surface area contributed by atoms with Crippen LogP contribution in [-0.2, 0) is 16.1 Å². The van der Waals surface area contributed by atoms with Gasteiger partial charge in [0.1, 0.15) is 0 Å². The number of hydrogen-bond acceptors (Lipinski definition) is 4. The van der Waals surface area contributed by atoms with Crippen molar-refractivity contribution in [2.24, 2.45) is 0 Å². The van der Waals surface area contributed by atoms with E-state index in [1.54, 1.807) is 11.8 Å². The number of fused-ring (bicyclic) bond motifs is 1. The van der Waals surface area contributed by atoms with Crippen molar-refractivity contribution in [1.29, 1.82) is 0 Å². The van der Waals surface area contributed by atoms with Crippen LogP contribution in [-0.4, -0.2) is 60.1 Å². The summed E-state index contributed by atoms with van der Waals surface area (Å²) in [5.74, 6) is 0.820. The fourth-order valence-corrected chi connectivity index (χ4v) is 4.88. The van der Waals surface area contributed by atoms with E-state index in [0.29, 0.717) is 25.1 Å². The summed E-state index contributed by atoms with van der Waals surface area (Å²) in [5, 5.41) is 0. The number of carbonyl (C=O) groups is 2. The molecule has 2 heterocycles. The Morgan fingerprint density at radius 1 is 0.931 bits per heavy atom. The first-order chi connectivity index (χ1) is 14.2. The highest BCUT2D eigenvalue weighted by Gasteiger charge is 2.25. The molecule has 5 nitrogen and oxygen atoms in total. The Labute approximate surface area is 176 Å². The molecule has 4 rings (SSSR count). The van der Waals surface area contributed by atoms with Crippen LogP contribution in [0.15, 0.2) is 59.5 Å². The van der Waals surface area contributed by atoms with Crippen molar-refractivity contribution in [1.82, 2.24) is 9.80 Å². The van der Waals surface area contributed by atoms with Crippen LogP contribution in [0.4, 0.5) is 5.69 Å². The van der Waals surface area contributed by atoms with E-state index in [-0.39, 0.29) is 11.8 Å². The van der Waals surface area contributed by atoms with E-state index in [1.807, 2.05) is 34.1 Å². The normalized spacial score (nSPS) is 17.3. The number of carbonyl (C=O) groups excluding carboxylic acids is 2. The highest BCUT2D eigenvalue weighted by atomic mass is 32.2. The topological polar surface area (TPSA) is 43.9 Å². The van der Waals surface area contributed by atoms with E-state index in [1.165, 1.54) is 5.56 Å². The van der Waals surface area contributed by atoms with Crippen LogP contribution >= 0.6 is 11.8 Å². The van der Waals surface area contributed by atoms with E-state index in [4.69, 9.17) is 0 Å². The molecule has 0 bridgehead atoms. The second kappa shape index (κ2) is 9.46. The molecule has 2 aliphatic heterocycles. The molecule has 0 radical (unpaired) electrons. The fourth-order valence-electron chi connectivity index (χ4n) is 3.94. The highest BCUT2D eigenvalue weighted by Crippen LogP contribution is 2.34. The third-order valence-corrected chi connectivity index (χ3v) is 6.60. The van der Waals surface area contributed by atoms with Gasteiger partial charge < -0.3 is 9.80 Å². The van der Waals surface area contributed by atoms with Crippen molar-refractivity contribution >= 4 is 29.3 Å². The molecule has 0 aromatic heterocycles. The summed E-state index contributed by atoms with van der Waals surface area (Å²) in [5.41, 5.74) is 2.30. The lowest BCUT2D eigenvalue weighted by Gasteiger charge is -2.35. The molecule has 152 valence electrons. The minimum absolute atomic E-state index is 0.135. The quantitative estimate of drug-likeness (QED) is 0.735. The molecule has 0 aliphatic carbocycles. The molecule has 1 saturated heterocycles. The van der Waals surface area contributed by atoms with Crippen LogP contribution in [0.3, 0.4) is 0 Å². The molecule has 6 heteroatoms. The molecule has 2 aromatic carbocycles. The standard InChI is InChI=1S/C23H27N3O2S/c27-22(25-15-13-24(14-16-25)17-19-7-2-1-3-8-19)11-6-12-26-20-9-4-5-10-21(20)29-18-23(26)28/h1-5,7-10H,6,11-18H2. The molecule has 29 heavy (non-hydrogen) atoms. The van der Waals surface area contributed by atoms with Crippen LogP contribution in [0.2, 0.25) is 0 Å². The van der Waals surface area contributed by atoms with Crippen LogP contribution < -0.4 is 4.90 Å². The SMILES string of the molecule is O=C(CCCN1C(=O)CSc2ccccc21)N1CCN(Cc2ccccc2)CC1. The van der Waals surface area contributed by atoms with Gasteiger partial charge in [0.15, 0.2) is 0 Å². The Morgan fingerprint density at radius 3 is 2.45 bits per heavy atom. The molecule has 0 saturated carbocycles. The van der Waals surface area contributed by atoms with Gasteiger partial charge in [0.2, 0.25) is 11.8 Å². The highest BCUT2D eigenvalue weighted by molar-refractivity contribution is 8.00. The largest absolute Gasteiger partial charge is 0.340 e. The minimum atomic E-state index is 0.135. The maximum absolute atomic E-state index is 12.6. The Hall–Kier alpha value is -2.31. The summed E-state index contributed by atoms with van der Waals surface area (Å²) in [7, 11) is 0. The summed E-state index contributed by atoms with van der Waals surface area (Å²) in [4.78, 5) is 32.3. The fraction of sp³-hybridized carbons (Fsp3) is 0.391. The molecule has 0 unspecified atom stereocenters. The van der Waals surface area contributed by atoms with E-state index in [2.05, 4.69) is 35.2 Å². The van der Waals surface area contributed by atoms with Crippen molar-refractivity contribution < 1.29 is 9.59 Å². The van der Waals surface area contributed by atoms with Gasteiger partial charge in [-0.3, -0.25) is 14.5 Å². The van der Waals surface area contributed by atoms with Gasteiger partial charge in [0.25, 0.3) is 0 Å². The second-order valence-corrected chi connectivity index (χ2v) is 8.57. The van der Waals surface area contributed by atoms with Crippen LogP contribution in [0.5, 0.6) is 0 Å². The number of thioether (sulfide) groups is 1. The van der Waals surface area contributed by atoms with Crippen LogP contribution in [0, 0.1) is 0 Å². The molecule has 0 spiro atoms. The number of amides is 2. The van der Waals surface area contributed by atoms with Crippen LogP contribution in [0.1, 0.15) is 18.4 Å². The smallest absolute Gasteiger partial charge is 0.237 e. The summed E-state index contributed by atoms with van der Waals surface area (Å²) in [6, 6.07) is 18.5. The lowest BCUT2D eigenvalue weighted by Crippen LogP contribution is -2.48. The van der Waals surface area contributed by atoms with Gasteiger partial charge in [-0.2, -0.15) is 0 Å². The van der Waals surface area contributed by atoms with Gasteiger partial charge in [0.05, 0.1) is 11.4 Å². The molecular weight excluding hydrogens is 382 g/mol. The predicted octanol–water partition coefficient (Wildman–Crippen LogP) is 3.25. The van der Waals surface area contributed by atoms with Gasteiger partial charge in [0, 0.05) is 50.6 Å². The number of anilines is 1. The summed E-state index contributed by atoms with van der Waals surface area (Å²) >= 11 is 1.59. The molecule has 2 aliphatic rings. The monoisotopic (exact) mass is 409 g/mol. The summed E-state index contributed by atoms with van der Waals surface area (Å²) < 4.78 is 0. The van der Waals surface area contributed by atoms with E-state index in [0.717, 1.165) is 43.3 Å². The number of nitrogens with zero attached hydrogens (tertiary/aromatic N) is 3. The van der Waals surface area contributed by atoms with Gasteiger partial charge in [-0.15, -0.1) is 11.8 Å². The van der Waals surface area contributed by atoms with Crippen molar-refractivity contribution in [2.45, 2.75) is 24.3 Å². The first kappa shape index (κ1) is 20.0. The zero-order valence-corrected chi connectivity index (χ0v) is 17.4. The second-order valence-electron chi connectivity index (χ2n) is 7.55. The molecular formula is C23H27N3O2S. The number of rotatable bonds is 6. The van der Waals surface area contributed by atoms with Gasteiger partial charge in [-0.05, 0) is 24.1 Å². The molecule has 2 aromatic rings. The van der Waals surface area contributed by atoms with E-state index < -0.39 is 0 Å². The maximum atomic E-state index is 12.6. The molecule has 1 fully saturated rings. The Morgan fingerprint density at radius 2 is 1.66 bits per heavy atom. The Kier molecular flexibility index (Phi) is 6.52. The lowest BCUT2D eigenvalue weighted by molar-refractivity contribution is -0.133. The number of piperazine rings is 1. The lowest BCUT2D eigenvalue weighted by atomic mass is 10.2. The average Bonchev–Trinajstić information content (AvgIpc) is 2.76. The Bertz CT molecular complexity index is 850. The third kappa shape index (κ3) is 5.00. The zero-order chi connectivity index (χ0) is 20.1. The Balaban J connectivity index is 1.22. The molecule has 2 amide bonds. The van der Waals surface area contributed by atoms with Crippen molar-refractivity contribution in [2.75, 3.05) is 43.4 Å². The zero-order valence-electron chi connectivity index (χ0n) is 16.6. The summed E-state index contributed by atoms with van der Waals surface area (Å²) in [6.07, 6.45) is 1.20. The predicted molar refractivity (Wildman–Crippen MR) is 117 cm³/mol.